The van der Waals surface area contributed by atoms with Crippen LogP contribution in [0.15, 0.2) is 48.0 Å². The van der Waals surface area contributed by atoms with Crippen molar-refractivity contribution in [2.75, 3.05) is 0 Å². The van der Waals surface area contributed by atoms with Crippen LogP contribution in [0.25, 0.3) is 11.0 Å². The van der Waals surface area contributed by atoms with E-state index in [1.165, 1.54) is 0 Å². The van der Waals surface area contributed by atoms with E-state index in [0.717, 1.165) is 28.1 Å². The Morgan fingerprint density at radius 2 is 2.05 bits per heavy atom. The maximum atomic E-state index is 4.73. The smallest absolute Gasteiger partial charge is 0.126 e. The maximum absolute atomic E-state index is 4.73. The zero-order valence-electron chi connectivity index (χ0n) is 13.7. The monoisotopic (exact) mass is 296 g/mol. The molecule has 0 amide bonds. The second-order valence-corrected chi connectivity index (χ2v) is 5.04. The molecule has 0 spiro atoms. The summed E-state index contributed by atoms with van der Waals surface area (Å²) in [6.45, 7) is 11.8. The lowest BCUT2D eigenvalue weighted by Gasteiger charge is -2.10. The fourth-order valence-electron chi connectivity index (χ4n) is 2.47. The number of aryl methyl sites for hydroxylation is 1. The van der Waals surface area contributed by atoms with Gasteiger partial charge in [0.15, 0.2) is 0 Å². The van der Waals surface area contributed by atoms with E-state index < -0.39 is 0 Å². The fraction of sp³-hybridized carbons (Fsp3) is 0.333. The molecule has 116 valence electrons. The Morgan fingerprint density at radius 1 is 1.27 bits per heavy atom. The molecular formula is C18H24N4. The van der Waals surface area contributed by atoms with Gasteiger partial charge in [-0.05, 0) is 37.6 Å². The lowest BCUT2D eigenvalue weighted by Crippen LogP contribution is -2.27. The second kappa shape index (κ2) is 7.18. The van der Waals surface area contributed by atoms with E-state index in [4.69, 9.17) is 4.99 Å². The molecule has 0 saturated heterocycles. The number of fused-ring (bicyclic) bond motifs is 1. The van der Waals surface area contributed by atoms with Crippen molar-refractivity contribution in [2.45, 2.75) is 39.9 Å². The molecule has 2 atom stereocenters. The van der Waals surface area contributed by atoms with E-state index in [1.54, 1.807) is 6.08 Å². The first-order valence-electron chi connectivity index (χ1n) is 7.76. The molecule has 1 aromatic carbocycles. The van der Waals surface area contributed by atoms with Gasteiger partial charge in [-0.2, -0.15) is 0 Å². The van der Waals surface area contributed by atoms with Crippen LogP contribution in [0.3, 0.4) is 0 Å². The van der Waals surface area contributed by atoms with Gasteiger partial charge in [-0.15, -0.1) is 0 Å². The highest BCUT2D eigenvalue weighted by Crippen LogP contribution is 2.24. The highest BCUT2D eigenvalue weighted by Gasteiger charge is 2.23. The molecule has 2 unspecified atom stereocenters. The van der Waals surface area contributed by atoms with Gasteiger partial charge in [0, 0.05) is 6.04 Å². The van der Waals surface area contributed by atoms with Crippen LogP contribution in [0.2, 0.25) is 0 Å². The predicted molar refractivity (Wildman–Crippen MR) is 94.3 cm³/mol. The van der Waals surface area contributed by atoms with Gasteiger partial charge in [-0.3, -0.25) is 10.3 Å². The Morgan fingerprint density at radius 3 is 2.77 bits per heavy atom. The van der Waals surface area contributed by atoms with E-state index in [0.29, 0.717) is 0 Å². The number of nitrogens with one attached hydrogen (secondary N) is 2. The number of hydrogen-bond acceptors (Lipinski definition) is 3. The maximum Gasteiger partial charge on any atom is 0.126 e. The predicted octanol–water partition coefficient (Wildman–Crippen LogP) is 4.07. The van der Waals surface area contributed by atoms with Crippen LogP contribution in [-0.2, 0) is 0 Å². The molecule has 0 saturated carbocycles. The van der Waals surface area contributed by atoms with Gasteiger partial charge in [-0.25, -0.2) is 4.98 Å². The van der Waals surface area contributed by atoms with Gasteiger partial charge in [0.2, 0.25) is 0 Å². The van der Waals surface area contributed by atoms with Crippen LogP contribution in [0, 0.1) is 6.92 Å². The quantitative estimate of drug-likeness (QED) is 0.839. The molecule has 0 bridgehead atoms. The molecule has 4 heteroatoms. The van der Waals surface area contributed by atoms with Crippen molar-refractivity contribution in [1.82, 2.24) is 15.3 Å². The van der Waals surface area contributed by atoms with Crippen LogP contribution < -0.4 is 5.32 Å². The molecule has 2 aromatic rings. The topological polar surface area (TPSA) is 53.1 Å². The summed E-state index contributed by atoms with van der Waals surface area (Å²) >= 11 is 0. The Balaban J connectivity index is 0.000000847. The van der Waals surface area contributed by atoms with E-state index in [9.17, 15) is 0 Å². The molecule has 2 heterocycles. The van der Waals surface area contributed by atoms with E-state index >= 15 is 0 Å². The Bertz CT molecular complexity index is 709. The van der Waals surface area contributed by atoms with Crippen molar-refractivity contribution in [1.29, 1.82) is 0 Å². The standard InChI is InChI=1S/C16H18N4.C2H6/c1-4-5-6-13-10(2)17-16(20-13)12-7-8-14-15(9-12)19-11(3)18-14;1-2/h4-10,16-17H,1H2,2-3H3,(H,18,19);1-2H3/b6-5-;. The molecule has 4 nitrogen and oxygen atoms in total. The van der Waals surface area contributed by atoms with Crippen molar-refractivity contribution in [3.8, 4) is 0 Å². The summed E-state index contributed by atoms with van der Waals surface area (Å²) in [5.41, 5.74) is 4.25. The summed E-state index contributed by atoms with van der Waals surface area (Å²) in [5.74, 6) is 0.933. The van der Waals surface area contributed by atoms with Crippen LogP contribution >= 0.6 is 0 Å². The summed E-state index contributed by atoms with van der Waals surface area (Å²) in [6.07, 6.45) is 5.69. The average Bonchev–Trinajstić information content (AvgIpc) is 3.08. The molecule has 0 aliphatic carbocycles. The fourth-order valence-corrected chi connectivity index (χ4v) is 2.47. The normalized spacial score (nSPS) is 20.8. The number of aliphatic imine (C=N–C) groups is 1. The molecule has 1 aliphatic rings. The van der Waals surface area contributed by atoms with Crippen LogP contribution in [-0.4, -0.2) is 21.7 Å². The summed E-state index contributed by atoms with van der Waals surface area (Å²) in [6, 6.07) is 6.48. The number of imidazole rings is 1. The molecule has 0 fully saturated rings. The minimum Gasteiger partial charge on any atom is -0.342 e. The minimum absolute atomic E-state index is 0.00229. The molecule has 1 aliphatic heterocycles. The lowest BCUT2D eigenvalue weighted by atomic mass is 10.1. The average molecular weight is 296 g/mol. The Labute approximate surface area is 132 Å². The van der Waals surface area contributed by atoms with Gasteiger partial charge < -0.3 is 4.98 Å². The second-order valence-electron chi connectivity index (χ2n) is 5.04. The van der Waals surface area contributed by atoms with Gasteiger partial charge in [-0.1, -0.05) is 38.6 Å². The third-order valence-electron chi connectivity index (χ3n) is 3.47. The van der Waals surface area contributed by atoms with Crippen molar-refractivity contribution in [3.63, 3.8) is 0 Å². The van der Waals surface area contributed by atoms with Crippen LogP contribution in [0.5, 0.6) is 0 Å². The highest BCUT2D eigenvalue weighted by molar-refractivity contribution is 6.00. The first-order chi connectivity index (χ1) is 10.7. The lowest BCUT2D eigenvalue weighted by molar-refractivity contribution is 0.582. The van der Waals surface area contributed by atoms with E-state index in [2.05, 4.69) is 40.9 Å². The van der Waals surface area contributed by atoms with Gasteiger partial charge >= 0.3 is 0 Å². The Hall–Kier alpha value is -2.20. The minimum atomic E-state index is 0.00229. The van der Waals surface area contributed by atoms with E-state index in [-0.39, 0.29) is 12.2 Å². The SMILES string of the molecule is C=C/C=C\C1=NC(c2ccc3nc(C)[nH]c3c2)NC1C.CC. The number of allylic oxidation sites excluding steroid dienone is 2. The van der Waals surface area contributed by atoms with Gasteiger partial charge in [0.25, 0.3) is 0 Å². The molecule has 2 N–H and O–H groups in total. The first kappa shape index (κ1) is 16.2. The zero-order valence-corrected chi connectivity index (χ0v) is 13.7. The van der Waals surface area contributed by atoms with Crippen molar-refractivity contribution in [2.24, 2.45) is 4.99 Å². The summed E-state index contributed by atoms with van der Waals surface area (Å²) < 4.78 is 0. The third kappa shape index (κ3) is 3.34. The number of H-pyrrole nitrogens is 1. The molecule has 0 radical (unpaired) electrons. The van der Waals surface area contributed by atoms with Gasteiger partial charge in [0.1, 0.15) is 12.0 Å². The van der Waals surface area contributed by atoms with Gasteiger partial charge in [0.05, 0.1) is 16.7 Å². The number of nitrogens with zero attached hydrogens (tertiary/aromatic N) is 2. The molecule has 22 heavy (non-hydrogen) atoms. The summed E-state index contributed by atoms with van der Waals surface area (Å²) in [7, 11) is 0. The summed E-state index contributed by atoms with van der Waals surface area (Å²) in [5, 5.41) is 3.48. The first-order valence-corrected chi connectivity index (χ1v) is 7.76. The largest absolute Gasteiger partial charge is 0.342 e. The van der Waals surface area contributed by atoms with Crippen LogP contribution in [0.1, 0.15) is 38.3 Å². The highest BCUT2D eigenvalue weighted by atomic mass is 15.2. The van der Waals surface area contributed by atoms with Crippen molar-refractivity contribution < 1.29 is 0 Å². The third-order valence-corrected chi connectivity index (χ3v) is 3.47. The van der Waals surface area contributed by atoms with E-state index in [1.807, 2.05) is 39.0 Å². The summed E-state index contributed by atoms with van der Waals surface area (Å²) in [4.78, 5) is 12.4. The zero-order chi connectivity index (χ0) is 16.1. The number of rotatable bonds is 3. The molecule has 3 rings (SSSR count). The molecule has 1 aromatic heterocycles. The van der Waals surface area contributed by atoms with Crippen molar-refractivity contribution in [3.05, 3.63) is 54.4 Å². The Kier molecular flexibility index (Phi) is 5.28. The van der Waals surface area contributed by atoms with Crippen LogP contribution in [0.4, 0.5) is 0 Å². The number of aromatic amines is 1. The number of aromatic nitrogens is 2. The number of benzene rings is 1. The van der Waals surface area contributed by atoms with Crippen molar-refractivity contribution >= 4 is 16.7 Å². The number of hydrogen-bond donors (Lipinski definition) is 2. The molecular weight excluding hydrogens is 272 g/mol.